The Kier molecular flexibility index (Phi) is 5.99. The first-order chi connectivity index (χ1) is 16.8. The topological polar surface area (TPSA) is 164 Å². The Balaban J connectivity index is 1.88. The molecule has 0 unspecified atom stereocenters. The molecule has 0 radical (unpaired) electrons. The number of nitro groups is 1. The third kappa shape index (κ3) is 4.37. The summed E-state index contributed by atoms with van der Waals surface area (Å²) in [5, 5.41) is 21.4. The summed E-state index contributed by atoms with van der Waals surface area (Å²) >= 11 is 0.604. The number of pyridine rings is 1. The van der Waals surface area contributed by atoms with Crippen LogP contribution in [0.15, 0.2) is 18.3 Å². The zero-order valence-electron chi connectivity index (χ0n) is 18.9. The van der Waals surface area contributed by atoms with Crippen molar-refractivity contribution in [3.8, 4) is 11.1 Å². The minimum Gasteiger partial charge on any atom is -0.365 e. The van der Waals surface area contributed by atoms with Crippen molar-refractivity contribution in [2.45, 2.75) is 26.6 Å². The Labute approximate surface area is 203 Å². The number of primary amides is 1. The Bertz CT molecular complexity index is 1550. The second-order valence-electron chi connectivity index (χ2n) is 7.78. The lowest BCUT2D eigenvalue weighted by molar-refractivity contribution is -0.389. The van der Waals surface area contributed by atoms with Crippen LogP contribution in [-0.4, -0.2) is 41.3 Å². The van der Waals surface area contributed by atoms with Crippen LogP contribution in [-0.2, 0) is 24.6 Å². The van der Waals surface area contributed by atoms with Gasteiger partial charge in [0.2, 0.25) is 5.91 Å². The second kappa shape index (κ2) is 8.71. The molecule has 0 bridgehead atoms. The van der Waals surface area contributed by atoms with Crippen LogP contribution >= 0.6 is 11.3 Å². The van der Waals surface area contributed by atoms with E-state index in [4.69, 9.17) is 5.73 Å². The van der Waals surface area contributed by atoms with Gasteiger partial charge in [0.15, 0.2) is 0 Å². The summed E-state index contributed by atoms with van der Waals surface area (Å²) < 4.78 is 43.4. The highest BCUT2D eigenvalue weighted by Crippen LogP contribution is 2.44. The Morgan fingerprint density at radius 3 is 2.47 bits per heavy atom. The maximum Gasteiger partial charge on any atom is 0.433 e. The van der Waals surface area contributed by atoms with Gasteiger partial charge in [-0.1, -0.05) is 0 Å². The van der Waals surface area contributed by atoms with Crippen molar-refractivity contribution in [1.29, 1.82) is 0 Å². The first kappa shape index (κ1) is 24.8. The van der Waals surface area contributed by atoms with Gasteiger partial charge in [0.25, 0.3) is 5.91 Å². The number of hydrogen-bond acceptors (Lipinski definition) is 8. The fraction of sp³-hybridized carbons (Fsp3) is 0.250. The molecular weight excluding hydrogens is 505 g/mol. The first-order valence-electron chi connectivity index (χ1n) is 10.1. The summed E-state index contributed by atoms with van der Waals surface area (Å²) in [6.45, 7) is 2.69. The van der Waals surface area contributed by atoms with Crippen molar-refractivity contribution >= 4 is 44.9 Å². The molecule has 0 aliphatic rings. The Hall–Kier alpha value is -4.34. The van der Waals surface area contributed by atoms with Crippen LogP contribution in [0.4, 0.5) is 24.7 Å². The molecule has 0 fully saturated rings. The summed E-state index contributed by atoms with van der Waals surface area (Å²) in [7, 11) is 1.61. The normalized spacial score (nSPS) is 11.7. The highest BCUT2D eigenvalue weighted by Gasteiger charge is 2.35. The number of aromatic nitrogens is 5. The van der Waals surface area contributed by atoms with Gasteiger partial charge in [-0.25, -0.2) is 4.98 Å². The van der Waals surface area contributed by atoms with Gasteiger partial charge in [0.1, 0.15) is 21.9 Å². The predicted octanol–water partition coefficient (Wildman–Crippen LogP) is 3.17. The van der Waals surface area contributed by atoms with E-state index in [1.807, 2.05) is 0 Å². The number of amides is 2. The Morgan fingerprint density at radius 1 is 1.25 bits per heavy atom. The van der Waals surface area contributed by atoms with Crippen molar-refractivity contribution in [2.75, 3.05) is 5.32 Å². The lowest BCUT2D eigenvalue weighted by Crippen LogP contribution is -2.22. The van der Waals surface area contributed by atoms with E-state index < -0.39 is 41.0 Å². The molecule has 0 atom stereocenters. The number of alkyl halides is 3. The smallest absolute Gasteiger partial charge is 0.365 e. The Morgan fingerprint density at radius 2 is 1.94 bits per heavy atom. The number of thiophene rings is 1. The molecule has 188 valence electrons. The van der Waals surface area contributed by atoms with E-state index in [1.54, 1.807) is 14.0 Å². The molecule has 3 N–H and O–H groups in total. The van der Waals surface area contributed by atoms with E-state index in [0.717, 1.165) is 10.7 Å². The largest absolute Gasteiger partial charge is 0.433 e. The number of aryl methyl sites for hydroxylation is 2. The fourth-order valence-electron chi connectivity index (χ4n) is 3.57. The summed E-state index contributed by atoms with van der Waals surface area (Å²) in [6.07, 6.45) is -3.42. The molecule has 0 saturated carbocycles. The minimum absolute atomic E-state index is 0.0443. The number of carbonyl (C=O) groups excluding carboxylic acids is 2. The number of fused-ring (bicyclic) bond motifs is 1. The van der Waals surface area contributed by atoms with Crippen LogP contribution in [0.1, 0.15) is 26.8 Å². The van der Waals surface area contributed by atoms with Crippen LogP contribution in [0.25, 0.3) is 21.3 Å². The van der Waals surface area contributed by atoms with Crippen molar-refractivity contribution in [1.82, 2.24) is 24.5 Å². The van der Waals surface area contributed by atoms with E-state index in [2.05, 4.69) is 20.5 Å². The maximum atomic E-state index is 13.6. The fourth-order valence-corrected chi connectivity index (χ4v) is 4.58. The van der Waals surface area contributed by atoms with Crippen LogP contribution in [0.2, 0.25) is 0 Å². The van der Waals surface area contributed by atoms with E-state index >= 15 is 0 Å². The highest BCUT2D eigenvalue weighted by atomic mass is 32.1. The molecule has 36 heavy (non-hydrogen) atoms. The molecule has 0 aliphatic carbocycles. The molecule has 0 spiro atoms. The zero-order valence-corrected chi connectivity index (χ0v) is 19.7. The quantitative estimate of drug-likeness (QED) is 0.290. The highest BCUT2D eigenvalue weighted by molar-refractivity contribution is 7.21. The monoisotopic (exact) mass is 522 g/mol. The molecule has 2 amide bonds. The lowest BCUT2D eigenvalue weighted by Gasteiger charge is -2.12. The van der Waals surface area contributed by atoms with Crippen LogP contribution in [0.3, 0.4) is 0 Å². The molecule has 4 rings (SSSR count). The minimum atomic E-state index is -4.79. The van der Waals surface area contributed by atoms with E-state index in [-0.39, 0.29) is 26.3 Å². The molecule has 0 aliphatic heterocycles. The van der Waals surface area contributed by atoms with Gasteiger partial charge < -0.3 is 21.2 Å². The number of nitrogens with zero attached hydrogens (tertiary/aromatic N) is 6. The van der Waals surface area contributed by atoms with E-state index in [9.17, 15) is 32.9 Å². The van der Waals surface area contributed by atoms with Gasteiger partial charge in [0.05, 0.1) is 28.7 Å². The number of hydrogen-bond donors (Lipinski definition) is 2. The van der Waals surface area contributed by atoms with Gasteiger partial charge in [-0.3, -0.25) is 14.3 Å². The summed E-state index contributed by atoms with van der Waals surface area (Å²) in [6, 6.07) is 1.99. The van der Waals surface area contributed by atoms with Gasteiger partial charge in [-0.05, 0) is 30.4 Å². The van der Waals surface area contributed by atoms with E-state index in [0.29, 0.717) is 28.3 Å². The molecule has 4 aromatic rings. The molecule has 4 aromatic heterocycles. The summed E-state index contributed by atoms with van der Waals surface area (Å²) in [4.78, 5) is 38.6. The van der Waals surface area contributed by atoms with Crippen molar-refractivity contribution in [3.63, 3.8) is 0 Å². The zero-order chi connectivity index (χ0) is 26.5. The number of carbonyl (C=O) groups is 2. The average Bonchev–Trinajstić information content (AvgIpc) is 3.43. The maximum absolute atomic E-state index is 13.6. The van der Waals surface area contributed by atoms with Gasteiger partial charge in [-0.2, -0.15) is 23.0 Å². The first-order valence-corrected chi connectivity index (χ1v) is 10.9. The van der Waals surface area contributed by atoms with Crippen molar-refractivity contribution < 1.29 is 27.7 Å². The van der Waals surface area contributed by atoms with Crippen LogP contribution < -0.4 is 11.1 Å². The number of nitrogens with two attached hydrogens (primary N) is 1. The van der Waals surface area contributed by atoms with Gasteiger partial charge >= 0.3 is 12.0 Å². The third-order valence-electron chi connectivity index (χ3n) is 5.41. The number of anilines is 1. The summed E-state index contributed by atoms with van der Waals surface area (Å²) in [5.41, 5.74) is 5.39. The molecule has 16 heteroatoms. The average molecular weight is 522 g/mol. The molecule has 0 saturated heterocycles. The summed E-state index contributed by atoms with van der Waals surface area (Å²) in [5.74, 6) is -2.19. The number of nitrogens with one attached hydrogen (secondary N) is 1. The van der Waals surface area contributed by atoms with Gasteiger partial charge in [0, 0.05) is 23.7 Å². The standard InChI is InChI=1S/C20H17F3N8O4S/c1-8-4-13(31(34)35)28-30(8)7-14(32)27-16-15-10(11-6-25-29(3)9(11)2)5-12(20(21,22)23)26-19(15)36-17(16)18(24)33/h4-6H,7H2,1-3H3,(H2,24,33)(H,27,32). The molecule has 4 heterocycles. The number of rotatable bonds is 6. The van der Waals surface area contributed by atoms with Crippen LogP contribution in [0.5, 0.6) is 0 Å². The van der Waals surface area contributed by atoms with Crippen molar-refractivity contribution in [3.05, 3.63) is 50.4 Å². The van der Waals surface area contributed by atoms with E-state index in [1.165, 1.54) is 23.9 Å². The molecule has 0 aromatic carbocycles. The van der Waals surface area contributed by atoms with Crippen LogP contribution in [0, 0.1) is 24.0 Å². The predicted molar refractivity (Wildman–Crippen MR) is 122 cm³/mol. The van der Waals surface area contributed by atoms with Gasteiger partial charge in [-0.15, -0.1) is 11.3 Å². The SMILES string of the molecule is Cc1c(-c2cc(C(F)(F)F)nc3sc(C(N)=O)c(NC(=O)Cn4nc([N+](=O)[O-])cc4C)c23)cnn1C. The molecular formula is C20H17F3N8O4S. The van der Waals surface area contributed by atoms with Crippen molar-refractivity contribution in [2.24, 2.45) is 12.8 Å². The lowest BCUT2D eigenvalue weighted by atomic mass is 10.0. The number of halogens is 3. The molecule has 12 nitrogen and oxygen atoms in total. The third-order valence-corrected chi connectivity index (χ3v) is 6.51. The second-order valence-corrected chi connectivity index (χ2v) is 8.78.